The molecule has 2 amide bonds. The Morgan fingerprint density at radius 2 is 1.81 bits per heavy atom. The smallest absolute Gasteiger partial charge is 0.320 e. The first-order valence-corrected chi connectivity index (χ1v) is 12.9. The maximum absolute atomic E-state index is 14.9. The number of carbonyl (C=O) groups excluding carboxylic acids is 1. The molecule has 3 N–H and O–H groups in total. The molecule has 3 aromatic rings. The predicted molar refractivity (Wildman–Crippen MR) is 144 cm³/mol. The van der Waals surface area contributed by atoms with Crippen LogP contribution in [0.1, 0.15) is 44.6 Å². The van der Waals surface area contributed by atoms with Gasteiger partial charge in [0.25, 0.3) is 0 Å². The van der Waals surface area contributed by atoms with Crippen molar-refractivity contribution in [2.45, 2.75) is 52.1 Å². The van der Waals surface area contributed by atoms with E-state index < -0.39 is 23.7 Å². The maximum Gasteiger partial charge on any atom is 0.320 e. The third-order valence-corrected chi connectivity index (χ3v) is 6.78. The summed E-state index contributed by atoms with van der Waals surface area (Å²) in [6.07, 6.45) is 0.567. The molecular formula is C29H38FN5O2. The van der Waals surface area contributed by atoms with E-state index in [0.29, 0.717) is 25.3 Å². The summed E-state index contributed by atoms with van der Waals surface area (Å²) >= 11 is 0. The molecule has 2 heterocycles. The maximum atomic E-state index is 14.9. The van der Waals surface area contributed by atoms with E-state index in [9.17, 15) is 14.3 Å². The van der Waals surface area contributed by atoms with Gasteiger partial charge in [-0.3, -0.25) is 0 Å². The Bertz CT molecular complexity index is 1160. The number of likely N-dealkylation sites (tertiary alicyclic amines) is 1. The molecule has 2 aromatic carbocycles. The van der Waals surface area contributed by atoms with Crippen molar-refractivity contribution in [1.29, 1.82) is 0 Å². The molecule has 0 spiro atoms. The first kappa shape index (κ1) is 26.8. The van der Waals surface area contributed by atoms with Gasteiger partial charge in [-0.05, 0) is 17.4 Å². The molecule has 4 rings (SSSR count). The Balaban J connectivity index is 1.83. The SMILES string of the molecule is CC(C)(C)[C@H](c1nc(-c2ccccc2)cn1Cc1ccccc1)N(C[C@@H](F)CN)C(=O)N1CC[C@H](O)C1. The number of rotatable bonds is 8. The number of nitrogens with zero attached hydrogens (tertiary/aromatic N) is 4. The van der Waals surface area contributed by atoms with Crippen molar-refractivity contribution in [1.82, 2.24) is 19.4 Å². The molecule has 0 saturated carbocycles. The number of aliphatic hydroxyl groups is 1. The lowest BCUT2D eigenvalue weighted by Crippen LogP contribution is -2.51. The molecule has 1 saturated heterocycles. The lowest BCUT2D eigenvalue weighted by atomic mass is 9.84. The summed E-state index contributed by atoms with van der Waals surface area (Å²) in [5, 5.41) is 10.1. The number of alkyl halides is 1. The van der Waals surface area contributed by atoms with Crippen molar-refractivity contribution in [2.75, 3.05) is 26.2 Å². The quantitative estimate of drug-likeness (QED) is 0.471. The highest BCUT2D eigenvalue weighted by atomic mass is 19.1. The van der Waals surface area contributed by atoms with Crippen LogP contribution in [0.2, 0.25) is 0 Å². The van der Waals surface area contributed by atoms with E-state index in [1.165, 1.54) is 0 Å². The highest BCUT2D eigenvalue weighted by Gasteiger charge is 2.41. The minimum Gasteiger partial charge on any atom is -0.391 e. The van der Waals surface area contributed by atoms with Crippen molar-refractivity contribution >= 4 is 6.03 Å². The van der Waals surface area contributed by atoms with Gasteiger partial charge in [0.1, 0.15) is 12.0 Å². The van der Waals surface area contributed by atoms with Crippen LogP contribution in [0, 0.1) is 5.41 Å². The minimum atomic E-state index is -1.38. The Kier molecular flexibility index (Phi) is 8.29. The first-order valence-electron chi connectivity index (χ1n) is 12.9. The largest absolute Gasteiger partial charge is 0.391 e. The number of nitrogens with two attached hydrogens (primary N) is 1. The van der Waals surface area contributed by atoms with Gasteiger partial charge in [0, 0.05) is 37.9 Å². The van der Waals surface area contributed by atoms with E-state index in [4.69, 9.17) is 10.7 Å². The third kappa shape index (κ3) is 6.37. The number of hydrogen-bond acceptors (Lipinski definition) is 4. The number of halogens is 1. The number of benzene rings is 2. The molecule has 1 aliphatic rings. The van der Waals surface area contributed by atoms with Gasteiger partial charge in [-0.1, -0.05) is 81.4 Å². The average Bonchev–Trinajstić information content (AvgIpc) is 3.50. The zero-order valence-electron chi connectivity index (χ0n) is 21.9. The number of aromatic nitrogens is 2. The van der Waals surface area contributed by atoms with Gasteiger partial charge in [-0.25, -0.2) is 14.2 Å². The topological polar surface area (TPSA) is 87.6 Å². The Morgan fingerprint density at radius 3 is 2.38 bits per heavy atom. The zero-order valence-corrected chi connectivity index (χ0v) is 21.9. The lowest BCUT2D eigenvalue weighted by molar-refractivity contribution is 0.0688. The van der Waals surface area contributed by atoms with Crippen LogP contribution in [0.4, 0.5) is 9.18 Å². The van der Waals surface area contributed by atoms with E-state index in [-0.39, 0.29) is 25.7 Å². The van der Waals surface area contributed by atoms with Gasteiger partial charge in [-0.15, -0.1) is 0 Å². The second-order valence-corrected chi connectivity index (χ2v) is 10.9. The van der Waals surface area contributed by atoms with Gasteiger partial charge in [0.2, 0.25) is 0 Å². The van der Waals surface area contributed by atoms with Gasteiger partial charge in [-0.2, -0.15) is 0 Å². The van der Waals surface area contributed by atoms with Crippen LogP contribution in [0.5, 0.6) is 0 Å². The van der Waals surface area contributed by atoms with E-state index in [1.54, 1.807) is 9.80 Å². The average molecular weight is 508 g/mol. The second kappa shape index (κ2) is 11.4. The summed E-state index contributed by atoms with van der Waals surface area (Å²) in [4.78, 5) is 22.1. The number of hydrogen-bond donors (Lipinski definition) is 2. The predicted octanol–water partition coefficient (Wildman–Crippen LogP) is 4.47. The first-order chi connectivity index (χ1) is 17.7. The van der Waals surface area contributed by atoms with Crippen LogP contribution in [0.3, 0.4) is 0 Å². The number of urea groups is 1. The minimum absolute atomic E-state index is 0.150. The summed E-state index contributed by atoms with van der Waals surface area (Å²) in [5.74, 6) is 0.688. The van der Waals surface area contributed by atoms with Crippen molar-refractivity contribution in [3.8, 4) is 11.3 Å². The van der Waals surface area contributed by atoms with E-state index >= 15 is 0 Å². The van der Waals surface area contributed by atoms with Crippen LogP contribution in [0.25, 0.3) is 11.3 Å². The molecule has 7 nitrogen and oxygen atoms in total. The normalized spacial score (nSPS) is 17.6. The highest BCUT2D eigenvalue weighted by molar-refractivity contribution is 5.75. The molecule has 0 aliphatic carbocycles. The van der Waals surface area contributed by atoms with Crippen molar-refractivity contribution < 1.29 is 14.3 Å². The fraction of sp³-hybridized carbons (Fsp3) is 0.448. The van der Waals surface area contributed by atoms with Gasteiger partial charge in [0.05, 0.1) is 24.4 Å². The monoisotopic (exact) mass is 507 g/mol. The van der Waals surface area contributed by atoms with Crippen molar-refractivity contribution in [3.05, 3.63) is 78.2 Å². The van der Waals surface area contributed by atoms with Gasteiger partial charge < -0.3 is 25.2 Å². The van der Waals surface area contributed by atoms with Crippen LogP contribution < -0.4 is 5.73 Å². The number of β-amino-alcohol motifs (C(OH)–C–C–N with tert-alkyl or cyclic N) is 1. The fourth-order valence-electron chi connectivity index (χ4n) is 4.98. The fourth-order valence-corrected chi connectivity index (χ4v) is 4.98. The van der Waals surface area contributed by atoms with Gasteiger partial charge >= 0.3 is 6.03 Å². The number of imidazole rings is 1. The van der Waals surface area contributed by atoms with Crippen LogP contribution in [0.15, 0.2) is 66.9 Å². The zero-order chi connectivity index (χ0) is 26.6. The molecule has 1 fully saturated rings. The number of carbonyl (C=O) groups is 1. The summed E-state index contributed by atoms with van der Waals surface area (Å²) in [6.45, 7) is 7.01. The van der Waals surface area contributed by atoms with Crippen molar-refractivity contribution in [2.24, 2.45) is 11.1 Å². The molecule has 37 heavy (non-hydrogen) atoms. The molecular weight excluding hydrogens is 469 g/mol. The van der Waals surface area contributed by atoms with Crippen molar-refractivity contribution in [3.63, 3.8) is 0 Å². The van der Waals surface area contributed by atoms with E-state index in [0.717, 1.165) is 16.8 Å². The van der Waals surface area contributed by atoms with Crippen LogP contribution in [-0.2, 0) is 6.54 Å². The van der Waals surface area contributed by atoms with E-state index in [2.05, 4.69) is 16.7 Å². The molecule has 0 radical (unpaired) electrons. The van der Waals surface area contributed by atoms with E-state index in [1.807, 2.05) is 75.5 Å². The summed E-state index contributed by atoms with van der Waals surface area (Å²) in [6, 6.07) is 19.1. The summed E-state index contributed by atoms with van der Waals surface area (Å²) < 4.78 is 16.9. The van der Waals surface area contributed by atoms with Crippen LogP contribution in [-0.4, -0.2) is 68.9 Å². The third-order valence-electron chi connectivity index (χ3n) is 6.78. The van der Waals surface area contributed by atoms with Gasteiger partial charge in [0.15, 0.2) is 0 Å². The molecule has 8 heteroatoms. The summed E-state index contributed by atoms with van der Waals surface area (Å²) in [5.41, 5.74) is 8.05. The second-order valence-electron chi connectivity index (χ2n) is 10.9. The van der Waals surface area contributed by atoms with Crippen LogP contribution >= 0.6 is 0 Å². The number of aliphatic hydroxyl groups excluding tert-OH is 1. The molecule has 3 atom stereocenters. The molecule has 1 aliphatic heterocycles. The Morgan fingerprint density at radius 1 is 1.16 bits per heavy atom. The highest BCUT2D eigenvalue weighted by Crippen LogP contribution is 2.40. The number of amides is 2. The molecule has 0 unspecified atom stereocenters. The molecule has 198 valence electrons. The lowest BCUT2D eigenvalue weighted by Gasteiger charge is -2.42. The standard InChI is InChI=1S/C29H38FN5O2/c1-29(2,3)26(35(18-23(30)16-31)28(37)33-15-14-24(36)19-33)27-32-25(22-12-8-5-9-13-22)20-34(27)17-21-10-6-4-7-11-21/h4-13,20,23-24,26,36H,14-19,31H2,1-3H3/t23-,24-,26-/m0/s1. The molecule has 1 aromatic heterocycles. The Labute approximate surface area is 218 Å². The Hall–Kier alpha value is -3.23. The molecule has 0 bridgehead atoms. The summed E-state index contributed by atoms with van der Waals surface area (Å²) in [7, 11) is 0.